The van der Waals surface area contributed by atoms with Crippen molar-refractivity contribution in [3.8, 4) is 6.07 Å². The fourth-order valence-corrected chi connectivity index (χ4v) is 12.6. The normalized spacial score (nSPS) is 24.7. The van der Waals surface area contributed by atoms with E-state index in [4.69, 9.17) is 11.6 Å². The number of amides is 11. The number of aryl methyl sites for hydroxylation is 1. The largest absolute Gasteiger partial charge is 0.417 e. The van der Waals surface area contributed by atoms with Gasteiger partial charge in [0.2, 0.25) is 65.0 Å². The Hall–Kier alpha value is -7.82. The Morgan fingerprint density at radius 1 is 0.696 bits per heavy atom. The van der Waals surface area contributed by atoms with Crippen molar-refractivity contribution < 1.29 is 65.9 Å². The van der Waals surface area contributed by atoms with Crippen molar-refractivity contribution >= 4 is 76.6 Å². The SMILES string of the molecule is CC[C@H](C)[C@@H]1NC(=O)[C@H](CC(C)C)N(C)C(=O)C[C@@H](C)NC(=O)[C@H](C(C)C)N(C)C(=O)C2(CCCC2)NC(=O)C2CCCN2C(=O)[C@H](CCc2ccc(C(F)(F)F)c(Cl)c2)NC(=O)CN(C)C(=O)[C@H](Cc2cccc(C#N)c2)N(C)C(=O)CN(C)C(=O)CN(C)C1=O. The Labute approximate surface area is 542 Å². The van der Waals surface area contributed by atoms with Crippen LogP contribution in [0.3, 0.4) is 0 Å². The molecule has 2 heterocycles. The third kappa shape index (κ3) is 19.1. The summed E-state index contributed by atoms with van der Waals surface area (Å²) in [6.45, 7) is 10.5. The van der Waals surface area contributed by atoms with Gasteiger partial charge in [-0.3, -0.25) is 52.7 Å². The van der Waals surface area contributed by atoms with Crippen LogP contribution < -0.4 is 21.3 Å². The first-order valence-electron chi connectivity index (χ1n) is 31.5. The first-order chi connectivity index (χ1) is 43.0. The van der Waals surface area contributed by atoms with Gasteiger partial charge in [0, 0.05) is 67.7 Å². The van der Waals surface area contributed by atoms with Crippen LogP contribution in [0.15, 0.2) is 42.5 Å². The van der Waals surface area contributed by atoms with E-state index < -0.39 is 161 Å². The number of hydrogen-bond acceptors (Lipinski definition) is 12. The Balaban J connectivity index is 1.57. The van der Waals surface area contributed by atoms with Crippen molar-refractivity contribution in [2.45, 2.75) is 180 Å². The summed E-state index contributed by atoms with van der Waals surface area (Å²) in [4.78, 5) is 168. The predicted molar refractivity (Wildman–Crippen MR) is 336 cm³/mol. The zero-order valence-corrected chi connectivity index (χ0v) is 56.0. The number of carbonyl (C=O) groups excluding carboxylic acids is 11. The Morgan fingerprint density at radius 3 is 1.92 bits per heavy atom. The lowest BCUT2D eigenvalue weighted by atomic mass is 9.92. The molecule has 27 heteroatoms. The van der Waals surface area contributed by atoms with Gasteiger partial charge in [0.15, 0.2) is 0 Å². The van der Waals surface area contributed by atoms with Crippen molar-refractivity contribution in [3.63, 3.8) is 0 Å². The molecule has 2 saturated heterocycles. The molecule has 0 bridgehead atoms. The minimum absolute atomic E-state index is 0.0235. The van der Waals surface area contributed by atoms with Gasteiger partial charge in [-0.05, 0) is 105 Å². The number of nitrogens with zero attached hydrogens (tertiary/aromatic N) is 8. The first kappa shape index (κ1) is 74.9. The van der Waals surface area contributed by atoms with Gasteiger partial charge < -0.3 is 55.6 Å². The smallest absolute Gasteiger partial charge is 0.351 e. The maximum absolute atomic E-state index is 15.0. The second-order valence-electron chi connectivity index (χ2n) is 25.9. The highest BCUT2D eigenvalue weighted by molar-refractivity contribution is 6.31. The summed E-state index contributed by atoms with van der Waals surface area (Å²) in [5.74, 6) is -8.56. The van der Waals surface area contributed by atoms with Crippen LogP contribution in [-0.4, -0.2) is 216 Å². The zero-order valence-electron chi connectivity index (χ0n) is 55.2. The molecule has 1 unspecified atom stereocenters. The minimum Gasteiger partial charge on any atom is -0.351 e. The molecule has 1 spiro atoms. The topological polar surface area (TPSA) is 282 Å². The molecular weight excluding hydrogens is 1220 g/mol. The molecule has 506 valence electrons. The average Bonchev–Trinajstić information content (AvgIpc) is 1.54. The molecule has 3 fully saturated rings. The number of nitriles is 1. The van der Waals surface area contributed by atoms with Crippen LogP contribution in [0.25, 0.3) is 0 Å². The number of carbonyl (C=O) groups is 11. The van der Waals surface area contributed by atoms with Crippen LogP contribution in [0.2, 0.25) is 5.02 Å². The van der Waals surface area contributed by atoms with Crippen molar-refractivity contribution in [2.75, 3.05) is 68.5 Å². The second kappa shape index (κ2) is 32.6. The van der Waals surface area contributed by atoms with E-state index in [1.807, 2.05) is 26.8 Å². The minimum atomic E-state index is -4.77. The molecule has 23 nitrogen and oxygen atoms in total. The van der Waals surface area contributed by atoms with Gasteiger partial charge in [0.05, 0.1) is 41.9 Å². The van der Waals surface area contributed by atoms with E-state index in [2.05, 4.69) is 21.3 Å². The average molecular weight is 1310 g/mol. The fraction of sp³-hybridized carbons (Fsp3) is 0.631. The highest BCUT2D eigenvalue weighted by Gasteiger charge is 2.49. The van der Waals surface area contributed by atoms with Gasteiger partial charge in [0.25, 0.3) is 0 Å². The highest BCUT2D eigenvalue weighted by atomic mass is 35.5. The van der Waals surface area contributed by atoms with Crippen LogP contribution in [-0.2, 0) is 71.8 Å². The van der Waals surface area contributed by atoms with Crippen LogP contribution in [0.4, 0.5) is 13.2 Å². The summed E-state index contributed by atoms with van der Waals surface area (Å²) in [5.41, 5.74) is -1.64. The van der Waals surface area contributed by atoms with Crippen molar-refractivity contribution in [1.82, 2.24) is 55.6 Å². The quantitative estimate of drug-likeness (QED) is 0.259. The summed E-state index contributed by atoms with van der Waals surface area (Å²) in [5, 5.41) is 20.6. The molecule has 8 atom stereocenters. The molecule has 2 aromatic rings. The molecule has 4 N–H and O–H groups in total. The number of hydrogen-bond donors (Lipinski definition) is 4. The van der Waals surface area contributed by atoms with Gasteiger partial charge in [-0.25, -0.2) is 0 Å². The number of rotatable bonds is 10. The Kier molecular flexibility index (Phi) is 26.6. The molecular formula is C65H92ClF3N12O11. The van der Waals surface area contributed by atoms with E-state index >= 15 is 0 Å². The number of fused-ring (bicyclic) bond motifs is 1. The zero-order chi connectivity index (χ0) is 68.9. The lowest BCUT2D eigenvalue weighted by Gasteiger charge is -2.39. The monoisotopic (exact) mass is 1310 g/mol. The van der Waals surface area contributed by atoms with Crippen molar-refractivity contribution in [3.05, 3.63) is 69.7 Å². The van der Waals surface area contributed by atoms with Crippen LogP contribution in [0.5, 0.6) is 0 Å². The standard InChI is InChI=1S/C65H92ClF3N12O11/c1-14-40(6)55-62(91)77(10)36-53(84)75(8)37-54(85)79(12)50(33-43-19-17-20-44(31-43)34-70)61(90)76(9)35-51(82)72-47(25-23-42-22-24-45(46(66)32-42)65(67,68)69)60(89)81-28-18-21-48(81)58(87)74-64(26-15-16-27-64)63(92)80(13)56(39(4)5)59(88)71-41(7)30-52(83)78(11)49(29-38(2)3)57(86)73-55/h17,19-20,22,24,31-32,38-41,47-50,55-56H,14-16,18,21,23,25-30,33,35-37H2,1-13H3,(H,71,88)(H,72,82)(H,73,86)(H,74,87)/t40-,41+,47-,48?,49-,50-,55-,56-/m0/s1. The van der Waals surface area contributed by atoms with E-state index in [-0.39, 0.29) is 75.0 Å². The molecule has 2 aliphatic heterocycles. The number of alkyl halides is 3. The highest BCUT2D eigenvalue weighted by Crippen LogP contribution is 2.36. The second-order valence-corrected chi connectivity index (χ2v) is 26.3. The van der Waals surface area contributed by atoms with Crippen molar-refractivity contribution in [1.29, 1.82) is 5.26 Å². The molecule has 1 aliphatic carbocycles. The van der Waals surface area contributed by atoms with E-state index in [0.717, 1.165) is 31.7 Å². The van der Waals surface area contributed by atoms with Gasteiger partial charge in [-0.2, -0.15) is 18.4 Å². The lowest BCUT2D eigenvalue weighted by Crippen LogP contribution is -2.64. The molecule has 92 heavy (non-hydrogen) atoms. The number of nitrogens with one attached hydrogen (secondary N) is 4. The summed E-state index contributed by atoms with van der Waals surface area (Å²) < 4.78 is 41.3. The Bertz CT molecular complexity index is 3100. The first-order valence-corrected chi connectivity index (χ1v) is 31.8. The number of likely N-dealkylation sites (N-methyl/N-ethyl adjacent to an activating group) is 6. The molecule has 0 radical (unpaired) electrons. The van der Waals surface area contributed by atoms with E-state index in [1.54, 1.807) is 45.9 Å². The summed E-state index contributed by atoms with van der Waals surface area (Å²) >= 11 is 6.10. The third-order valence-corrected chi connectivity index (χ3v) is 18.2. The molecule has 5 rings (SSSR count). The maximum atomic E-state index is 15.0. The van der Waals surface area contributed by atoms with Gasteiger partial charge in [-0.15, -0.1) is 0 Å². The maximum Gasteiger partial charge on any atom is 0.417 e. The summed E-state index contributed by atoms with van der Waals surface area (Å²) in [6.07, 6.45) is -3.08. The predicted octanol–water partition coefficient (Wildman–Crippen LogP) is 4.31. The van der Waals surface area contributed by atoms with Gasteiger partial charge >= 0.3 is 6.18 Å². The molecule has 2 aromatic carbocycles. The third-order valence-electron chi connectivity index (χ3n) is 17.8. The summed E-state index contributed by atoms with van der Waals surface area (Å²) in [6, 6.07) is 3.18. The number of benzene rings is 2. The molecule has 1 saturated carbocycles. The molecule has 11 amide bonds. The number of halogens is 4. The lowest BCUT2D eigenvalue weighted by molar-refractivity contribution is -0.149. The van der Waals surface area contributed by atoms with Gasteiger partial charge in [-0.1, -0.05) is 90.6 Å². The fourth-order valence-electron chi connectivity index (χ4n) is 12.3. The van der Waals surface area contributed by atoms with Gasteiger partial charge in [0.1, 0.15) is 41.8 Å². The summed E-state index contributed by atoms with van der Waals surface area (Å²) in [7, 11) is 8.20. The Morgan fingerprint density at radius 2 is 1.33 bits per heavy atom. The van der Waals surface area contributed by atoms with Crippen molar-refractivity contribution in [2.24, 2.45) is 17.8 Å². The molecule has 3 aliphatic rings. The van der Waals surface area contributed by atoms with E-state index in [1.165, 1.54) is 69.1 Å². The van der Waals surface area contributed by atoms with Crippen LogP contribution in [0.1, 0.15) is 135 Å². The van der Waals surface area contributed by atoms with Crippen LogP contribution >= 0.6 is 11.6 Å². The van der Waals surface area contributed by atoms with E-state index in [9.17, 15) is 71.2 Å². The van der Waals surface area contributed by atoms with E-state index in [0.29, 0.717) is 31.2 Å². The molecule has 0 aromatic heterocycles. The van der Waals surface area contributed by atoms with Crippen LogP contribution in [0, 0.1) is 29.1 Å².